The maximum atomic E-state index is 12.6. The standard InChI is InChI=1S/C20H18ClN3O3/c1-12-16(20(25)24-14-6-9-18(27-3)17(21)10-14)11-22-19(23-12)13-4-7-15(26-2)8-5-13/h4-11H,1-3H3,(H,24,25). The van der Waals surface area contributed by atoms with Crippen LogP contribution in [-0.2, 0) is 0 Å². The number of aromatic nitrogens is 2. The molecule has 27 heavy (non-hydrogen) atoms. The van der Waals surface area contributed by atoms with Crippen molar-refractivity contribution < 1.29 is 14.3 Å². The molecule has 0 unspecified atom stereocenters. The first-order valence-electron chi connectivity index (χ1n) is 8.14. The van der Waals surface area contributed by atoms with Crippen molar-refractivity contribution in [3.63, 3.8) is 0 Å². The third-order valence-corrected chi connectivity index (χ3v) is 4.28. The minimum atomic E-state index is -0.310. The molecule has 0 radical (unpaired) electrons. The highest BCUT2D eigenvalue weighted by molar-refractivity contribution is 6.32. The van der Waals surface area contributed by atoms with Gasteiger partial charge in [0.05, 0.1) is 30.5 Å². The van der Waals surface area contributed by atoms with Gasteiger partial charge in [0, 0.05) is 17.4 Å². The van der Waals surface area contributed by atoms with Crippen molar-refractivity contribution in [2.45, 2.75) is 6.92 Å². The SMILES string of the molecule is COc1ccc(-c2ncc(C(=O)Nc3ccc(OC)c(Cl)c3)c(C)n2)cc1. The Morgan fingerprint density at radius 3 is 2.41 bits per heavy atom. The van der Waals surface area contributed by atoms with Gasteiger partial charge in [-0.25, -0.2) is 9.97 Å². The van der Waals surface area contributed by atoms with Crippen molar-refractivity contribution >= 4 is 23.2 Å². The fourth-order valence-corrected chi connectivity index (χ4v) is 2.77. The highest BCUT2D eigenvalue weighted by atomic mass is 35.5. The molecule has 0 aliphatic carbocycles. The minimum absolute atomic E-state index is 0.310. The predicted octanol–water partition coefficient (Wildman–Crippen LogP) is 4.37. The topological polar surface area (TPSA) is 73.3 Å². The molecular formula is C20H18ClN3O3. The molecule has 3 rings (SSSR count). The van der Waals surface area contributed by atoms with E-state index in [-0.39, 0.29) is 5.91 Å². The first-order valence-corrected chi connectivity index (χ1v) is 8.52. The molecule has 0 saturated carbocycles. The van der Waals surface area contributed by atoms with E-state index in [1.54, 1.807) is 32.2 Å². The number of carbonyl (C=O) groups is 1. The maximum absolute atomic E-state index is 12.6. The molecule has 0 fully saturated rings. The molecule has 0 spiro atoms. The number of hydrogen-bond acceptors (Lipinski definition) is 5. The molecule has 0 saturated heterocycles. The number of ether oxygens (including phenoxy) is 2. The summed E-state index contributed by atoms with van der Waals surface area (Å²) in [6, 6.07) is 12.4. The lowest BCUT2D eigenvalue weighted by atomic mass is 10.1. The van der Waals surface area contributed by atoms with Gasteiger partial charge in [0.25, 0.3) is 5.91 Å². The summed E-state index contributed by atoms with van der Waals surface area (Å²) in [5, 5.41) is 3.20. The number of carbonyl (C=O) groups excluding carboxylic acids is 1. The van der Waals surface area contributed by atoms with Crippen molar-refractivity contribution in [3.05, 3.63) is 64.9 Å². The summed E-state index contributed by atoms with van der Waals surface area (Å²) in [6.45, 7) is 1.77. The van der Waals surface area contributed by atoms with E-state index in [4.69, 9.17) is 21.1 Å². The Labute approximate surface area is 162 Å². The first kappa shape index (κ1) is 18.7. The van der Waals surface area contributed by atoms with Crippen LogP contribution in [0.25, 0.3) is 11.4 Å². The second-order valence-electron chi connectivity index (χ2n) is 5.72. The van der Waals surface area contributed by atoms with Gasteiger partial charge in [-0.3, -0.25) is 4.79 Å². The summed E-state index contributed by atoms with van der Waals surface area (Å²) >= 11 is 6.09. The fraction of sp³-hybridized carbons (Fsp3) is 0.150. The van der Waals surface area contributed by atoms with Gasteiger partial charge < -0.3 is 14.8 Å². The number of benzene rings is 2. The van der Waals surface area contributed by atoms with Gasteiger partial charge in [-0.2, -0.15) is 0 Å². The van der Waals surface area contributed by atoms with Gasteiger partial charge >= 0.3 is 0 Å². The molecule has 138 valence electrons. The van der Waals surface area contributed by atoms with E-state index in [1.165, 1.54) is 13.3 Å². The molecule has 7 heteroatoms. The van der Waals surface area contributed by atoms with Gasteiger partial charge in [-0.05, 0) is 49.4 Å². The summed E-state index contributed by atoms with van der Waals surface area (Å²) in [5.74, 6) is 1.52. The molecule has 1 heterocycles. The molecule has 0 atom stereocenters. The number of nitrogens with zero attached hydrogens (tertiary/aromatic N) is 2. The van der Waals surface area contributed by atoms with E-state index in [2.05, 4.69) is 15.3 Å². The Balaban J connectivity index is 1.80. The summed E-state index contributed by atoms with van der Waals surface area (Å²) in [6.07, 6.45) is 1.52. The zero-order valence-electron chi connectivity index (χ0n) is 15.1. The van der Waals surface area contributed by atoms with Crippen LogP contribution in [0.15, 0.2) is 48.7 Å². The Morgan fingerprint density at radius 1 is 1.07 bits per heavy atom. The lowest BCUT2D eigenvalue weighted by Crippen LogP contribution is -2.15. The van der Waals surface area contributed by atoms with E-state index in [0.717, 1.165) is 11.3 Å². The molecule has 0 bridgehead atoms. The smallest absolute Gasteiger partial charge is 0.259 e. The zero-order valence-corrected chi connectivity index (χ0v) is 15.9. The van der Waals surface area contributed by atoms with Crippen molar-refractivity contribution in [2.24, 2.45) is 0 Å². The average molecular weight is 384 g/mol. The van der Waals surface area contributed by atoms with E-state index in [0.29, 0.717) is 33.5 Å². The third kappa shape index (κ3) is 4.17. The van der Waals surface area contributed by atoms with Crippen LogP contribution < -0.4 is 14.8 Å². The van der Waals surface area contributed by atoms with Crippen LogP contribution in [0, 0.1) is 6.92 Å². The number of halogens is 1. The van der Waals surface area contributed by atoms with E-state index in [1.807, 2.05) is 24.3 Å². The van der Waals surface area contributed by atoms with E-state index < -0.39 is 0 Å². The number of hydrogen-bond donors (Lipinski definition) is 1. The number of methoxy groups -OCH3 is 2. The number of aryl methyl sites for hydroxylation is 1. The molecule has 1 N–H and O–H groups in total. The highest BCUT2D eigenvalue weighted by Gasteiger charge is 2.14. The molecule has 3 aromatic rings. The maximum Gasteiger partial charge on any atom is 0.259 e. The lowest BCUT2D eigenvalue weighted by Gasteiger charge is -2.10. The van der Waals surface area contributed by atoms with Crippen molar-refractivity contribution in [1.29, 1.82) is 0 Å². The number of anilines is 1. The van der Waals surface area contributed by atoms with Gasteiger partial charge in [0.1, 0.15) is 11.5 Å². The lowest BCUT2D eigenvalue weighted by molar-refractivity contribution is 0.102. The van der Waals surface area contributed by atoms with Crippen LogP contribution in [0.5, 0.6) is 11.5 Å². The molecule has 2 aromatic carbocycles. The van der Waals surface area contributed by atoms with Crippen LogP contribution >= 0.6 is 11.6 Å². The number of rotatable bonds is 5. The van der Waals surface area contributed by atoms with Crippen LogP contribution in [0.2, 0.25) is 5.02 Å². The fourth-order valence-electron chi connectivity index (χ4n) is 2.51. The molecule has 1 aromatic heterocycles. The molecule has 1 amide bonds. The molecular weight excluding hydrogens is 366 g/mol. The Hall–Kier alpha value is -3.12. The highest BCUT2D eigenvalue weighted by Crippen LogP contribution is 2.27. The van der Waals surface area contributed by atoms with Crippen LogP contribution in [0.4, 0.5) is 5.69 Å². The minimum Gasteiger partial charge on any atom is -0.497 e. The summed E-state index contributed by atoms with van der Waals surface area (Å²) < 4.78 is 10.3. The predicted molar refractivity (Wildman–Crippen MR) is 105 cm³/mol. The van der Waals surface area contributed by atoms with Gasteiger partial charge in [-0.1, -0.05) is 11.6 Å². The van der Waals surface area contributed by atoms with Crippen molar-refractivity contribution in [2.75, 3.05) is 19.5 Å². The third-order valence-electron chi connectivity index (χ3n) is 3.98. The van der Waals surface area contributed by atoms with Crippen molar-refractivity contribution in [3.8, 4) is 22.9 Å². The number of amides is 1. The Bertz CT molecular complexity index is 975. The van der Waals surface area contributed by atoms with Gasteiger partial charge in [0.15, 0.2) is 5.82 Å². The molecule has 0 aliphatic rings. The first-order chi connectivity index (χ1) is 13.0. The monoisotopic (exact) mass is 383 g/mol. The van der Waals surface area contributed by atoms with Crippen LogP contribution in [-0.4, -0.2) is 30.1 Å². The van der Waals surface area contributed by atoms with Crippen molar-refractivity contribution in [1.82, 2.24) is 9.97 Å². The summed E-state index contributed by atoms with van der Waals surface area (Å²) in [7, 11) is 3.14. The Morgan fingerprint density at radius 2 is 1.81 bits per heavy atom. The van der Waals surface area contributed by atoms with Crippen LogP contribution in [0.3, 0.4) is 0 Å². The normalized spacial score (nSPS) is 10.4. The van der Waals surface area contributed by atoms with Gasteiger partial charge in [-0.15, -0.1) is 0 Å². The second kappa shape index (κ2) is 8.05. The quantitative estimate of drug-likeness (QED) is 0.708. The zero-order chi connectivity index (χ0) is 19.4. The average Bonchev–Trinajstić information content (AvgIpc) is 2.68. The Kier molecular flexibility index (Phi) is 5.57. The second-order valence-corrected chi connectivity index (χ2v) is 6.13. The van der Waals surface area contributed by atoms with Crippen LogP contribution in [0.1, 0.15) is 16.1 Å². The van der Waals surface area contributed by atoms with E-state index >= 15 is 0 Å². The van der Waals surface area contributed by atoms with E-state index in [9.17, 15) is 4.79 Å². The number of nitrogens with one attached hydrogen (secondary N) is 1. The largest absolute Gasteiger partial charge is 0.497 e. The summed E-state index contributed by atoms with van der Waals surface area (Å²) in [5.41, 5.74) is 2.37. The molecule has 6 nitrogen and oxygen atoms in total. The molecule has 0 aliphatic heterocycles. The van der Waals surface area contributed by atoms with Gasteiger partial charge in [0.2, 0.25) is 0 Å². The summed E-state index contributed by atoms with van der Waals surface area (Å²) in [4.78, 5) is 21.3.